The number of nitrogens with zero attached hydrogens (tertiary/aromatic N) is 2. The maximum atomic E-state index is 12.5. The molecule has 0 unspecified atom stereocenters. The molecule has 0 spiro atoms. The predicted molar refractivity (Wildman–Crippen MR) is 100 cm³/mol. The van der Waals surface area contributed by atoms with Crippen LogP contribution in [0.3, 0.4) is 0 Å². The molecule has 1 fully saturated rings. The molecule has 144 valence electrons. The lowest BCUT2D eigenvalue weighted by Crippen LogP contribution is -2.44. The number of hydrogen-bond acceptors (Lipinski definition) is 6. The molecule has 1 amide bonds. The van der Waals surface area contributed by atoms with Crippen molar-refractivity contribution in [2.24, 2.45) is 11.1 Å². The Morgan fingerprint density at radius 2 is 2.12 bits per heavy atom. The summed E-state index contributed by atoms with van der Waals surface area (Å²) in [6.45, 7) is 4.25. The first-order valence-electron chi connectivity index (χ1n) is 8.60. The molecule has 0 N–H and O–H groups in total. The van der Waals surface area contributed by atoms with Crippen molar-refractivity contribution in [3.8, 4) is 5.75 Å². The Hall–Kier alpha value is -2.09. The van der Waals surface area contributed by atoms with Crippen LogP contribution in [0.2, 0.25) is 0 Å². The van der Waals surface area contributed by atoms with Gasteiger partial charge in [-0.3, -0.25) is 4.79 Å². The van der Waals surface area contributed by atoms with Gasteiger partial charge >= 0.3 is 0 Å². The van der Waals surface area contributed by atoms with Crippen molar-refractivity contribution in [1.29, 1.82) is 0 Å². The maximum Gasteiger partial charge on any atom is 0.263 e. The van der Waals surface area contributed by atoms with Gasteiger partial charge in [0.1, 0.15) is 5.75 Å². The molecule has 26 heavy (non-hydrogen) atoms. The molecular weight excluding hydrogens is 356 g/mol. The normalized spacial score (nSPS) is 19.0. The first-order chi connectivity index (χ1) is 12.3. The van der Waals surface area contributed by atoms with Crippen molar-refractivity contribution in [1.82, 2.24) is 4.90 Å². The molecule has 1 aromatic rings. The number of rotatable bonds is 8. The number of oxime groups is 1. The third kappa shape index (κ3) is 5.72. The van der Waals surface area contributed by atoms with E-state index in [9.17, 15) is 13.2 Å². The van der Waals surface area contributed by atoms with Crippen molar-refractivity contribution in [3.63, 3.8) is 0 Å². The Morgan fingerprint density at radius 3 is 2.73 bits per heavy atom. The Balaban J connectivity index is 1.95. The number of sulfone groups is 1. The van der Waals surface area contributed by atoms with Gasteiger partial charge in [-0.1, -0.05) is 31.1 Å². The Bertz CT molecular complexity index is 746. The fourth-order valence-corrected chi connectivity index (χ4v) is 4.64. The predicted octanol–water partition coefficient (Wildman–Crippen LogP) is 1.72. The molecule has 1 aliphatic heterocycles. The minimum atomic E-state index is -3.06. The van der Waals surface area contributed by atoms with Crippen LogP contribution in [0.4, 0.5) is 0 Å². The number of amides is 1. The summed E-state index contributed by atoms with van der Waals surface area (Å²) < 4.78 is 28.7. The summed E-state index contributed by atoms with van der Waals surface area (Å²) in [7, 11) is -1.49. The minimum absolute atomic E-state index is 0.0238. The van der Waals surface area contributed by atoms with Gasteiger partial charge in [-0.2, -0.15) is 0 Å². The second-order valence-electron chi connectivity index (χ2n) is 6.75. The fraction of sp³-hybridized carbons (Fsp3) is 0.556. The Labute approximate surface area is 154 Å². The van der Waals surface area contributed by atoms with Gasteiger partial charge in [0.15, 0.2) is 16.4 Å². The van der Waals surface area contributed by atoms with E-state index in [1.165, 1.54) is 6.21 Å². The van der Waals surface area contributed by atoms with Gasteiger partial charge < -0.3 is 14.5 Å². The summed E-state index contributed by atoms with van der Waals surface area (Å²) in [5.74, 6) is 0.795. The molecule has 1 atom stereocenters. The fourth-order valence-electron chi connectivity index (χ4n) is 2.91. The Morgan fingerprint density at radius 1 is 1.38 bits per heavy atom. The summed E-state index contributed by atoms with van der Waals surface area (Å²) in [6.07, 6.45) is 1.96. The summed E-state index contributed by atoms with van der Waals surface area (Å²) in [5.41, 5.74) is 0.739. The van der Waals surface area contributed by atoms with E-state index >= 15 is 0 Å². The lowest BCUT2D eigenvalue weighted by Gasteiger charge is -2.29. The molecule has 0 radical (unpaired) electrons. The first-order valence-corrected chi connectivity index (χ1v) is 10.4. The van der Waals surface area contributed by atoms with Crippen molar-refractivity contribution < 1.29 is 22.8 Å². The average Bonchev–Trinajstić information content (AvgIpc) is 2.96. The van der Waals surface area contributed by atoms with Crippen LogP contribution in [0.5, 0.6) is 5.75 Å². The van der Waals surface area contributed by atoms with E-state index in [-0.39, 0.29) is 36.0 Å². The third-order valence-corrected chi connectivity index (χ3v) is 5.87. The van der Waals surface area contributed by atoms with Gasteiger partial charge in [-0.05, 0) is 24.5 Å². The zero-order valence-electron chi connectivity index (χ0n) is 15.4. The maximum absolute atomic E-state index is 12.5. The van der Waals surface area contributed by atoms with E-state index in [2.05, 4.69) is 5.16 Å². The molecule has 1 heterocycles. The van der Waals surface area contributed by atoms with Crippen molar-refractivity contribution >= 4 is 22.0 Å². The largest absolute Gasteiger partial charge is 0.496 e. The second kappa shape index (κ2) is 9.02. The van der Waals surface area contributed by atoms with E-state index in [1.807, 2.05) is 32.0 Å². The summed E-state index contributed by atoms with van der Waals surface area (Å²) in [5, 5.41) is 3.84. The zero-order valence-corrected chi connectivity index (χ0v) is 16.2. The van der Waals surface area contributed by atoms with Crippen LogP contribution in [0.15, 0.2) is 29.4 Å². The van der Waals surface area contributed by atoms with E-state index in [4.69, 9.17) is 9.57 Å². The summed E-state index contributed by atoms with van der Waals surface area (Å²) in [4.78, 5) is 19.3. The van der Waals surface area contributed by atoms with Crippen LogP contribution < -0.4 is 4.74 Å². The van der Waals surface area contributed by atoms with E-state index < -0.39 is 9.84 Å². The average molecular weight is 382 g/mol. The standard InChI is InChI=1S/C18H26N2O5S/c1-14(2)11-20(16-8-9-26(22,23)13-16)18(21)12-25-19-10-15-6-4-5-7-17(15)24-3/h4-7,10,14,16H,8-9,11-13H2,1-3H3/b19-10-/t16-/m0/s1. The highest BCUT2D eigenvalue weighted by Crippen LogP contribution is 2.19. The van der Waals surface area contributed by atoms with Crippen molar-refractivity contribution in [2.45, 2.75) is 26.3 Å². The molecule has 0 aromatic heterocycles. The van der Waals surface area contributed by atoms with Gasteiger partial charge in [0.05, 0.1) is 24.8 Å². The van der Waals surface area contributed by atoms with Gasteiger partial charge in [-0.15, -0.1) is 0 Å². The molecule has 0 aliphatic carbocycles. The molecule has 1 saturated heterocycles. The SMILES string of the molecule is COc1ccccc1/C=N\OCC(=O)N(CC(C)C)[C@H]1CCS(=O)(=O)C1. The monoisotopic (exact) mass is 382 g/mol. The molecule has 0 saturated carbocycles. The summed E-state index contributed by atoms with van der Waals surface area (Å²) in [6, 6.07) is 7.04. The van der Waals surface area contributed by atoms with E-state index in [0.717, 1.165) is 5.56 Å². The second-order valence-corrected chi connectivity index (χ2v) is 8.98. The number of methoxy groups -OCH3 is 1. The third-order valence-electron chi connectivity index (χ3n) is 4.12. The van der Waals surface area contributed by atoms with Gasteiger partial charge in [0, 0.05) is 18.2 Å². The number of carbonyl (C=O) groups excluding carboxylic acids is 1. The van der Waals surface area contributed by atoms with Crippen LogP contribution >= 0.6 is 0 Å². The van der Waals surface area contributed by atoms with E-state index in [1.54, 1.807) is 18.1 Å². The van der Waals surface area contributed by atoms with Crippen LogP contribution in [0, 0.1) is 5.92 Å². The number of carbonyl (C=O) groups is 1. The number of benzene rings is 1. The van der Waals surface area contributed by atoms with Crippen molar-refractivity contribution in [3.05, 3.63) is 29.8 Å². The quantitative estimate of drug-likeness (QED) is 0.505. The first kappa shape index (κ1) is 20.2. The van der Waals surface area contributed by atoms with Gasteiger partial charge in [0.25, 0.3) is 5.91 Å². The molecule has 1 aliphatic rings. The van der Waals surface area contributed by atoms with Gasteiger partial charge in [-0.25, -0.2) is 8.42 Å². The smallest absolute Gasteiger partial charge is 0.263 e. The van der Waals surface area contributed by atoms with Crippen molar-refractivity contribution in [2.75, 3.05) is 31.8 Å². The lowest BCUT2D eigenvalue weighted by atomic mass is 10.1. The number of ether oxygens (including phenoxy) is 1. The summed E-state index contributed by atoms with van der Waals surface area (Å²) >= 11 is 0. The lowest BCUT2D eigenvalue weighted by molar-refractivity contribution is -0.138. The highest BCUT2D eigenvalue weighted by atomic mass is 32.2. The minimum Gasteiger partial charge on any atom is -0.496 e. The molecule has 1 aromatic carbocycles. The highest BCUT2D eigenvalue weighted by Gasteiger charge is 2.34. The van der Waals surface area contributed by atoms with Crippen LogP contribution in [0.25, 0.3) is 0 Å². The molecule has 2 rings (SSSR count). The highest BCUT2D eigenvalue weighted by molar-refractivity contribution is 7.91. The topological polar surface area (TPSA) is 85.3 Å². The Kier molecular flexibility index (Phi) is 7.02. The number of hydrogen-bond donors (Lipinski definition) is 0. The molecule has 0 bridgehead atoms. The van der Waals surface area contributed by atoms with Crippen LogP contribution in [-0.4, -0.2) is 63.2 Å². The van der Waals surface area contributed by atoms with E-state index in [0.29, 0.717) is 18.7 Å². The van der Waals surface area contributed by atoms with Gasteiger partial charge in [0.2, 0.25) is 0 Å². The number of para-hydroxylation sites is 1. The molecule has 7 nitrogen and oxygen atoms in total. The molecular formula is C18H26N2O5S. The van der Waals surface area contributed by atoms with Crippen LogP contribution in [-0.2, 0) is 19.5 Å². The van der Waals surface area contributed by atoms with Crippen LogP contribution in [0.1, 0.15) is 25.8 Å². The zero-order chi connectivity index (χ0) is 19.2. The molecule has 8 heteroatoms.